The van der Waals surface area contributed by atoms with Crippen LogP contribution in [0.4, 0.5) is 0 Å². The number of piperidine rings is 1. The zero-order valence-corrected chi connectivity index (χ0v) is 13.1. The van der Waals surface area contributed by atoms with Crippen LogP contribution in [0.5, 0.6) is 0 Å². The van der Waals surface area contributed by atoms with E-state index in [2.05, 4.69) is 10.6 Å². The highest BCUT2D eigenvalue weighted by Gasteiger charge is 2.17. The molecule has 1 fully saturated rings. The van der Waals surface area contributed by atoms with Crippen molar-refractivity contribution in [3.8, 4) is 0 Å². The summed E-state index contributed by atoms with van der Waals surface area (Å²) in [6, 6.07) is 9.83. The lowest BCUT2D eigenvalue weighted by atomic mass is 9.93. The zero-order valence-electron chi connectivity index (χ0n) is 13.1. The summed E-state index contributed by atoms with van der Waals surface area (Å²) in [7, 11) is 0. The first-order valence-corrected chi connectivity index (χ1v) is 8.21. The first kappa shape index (κ1) is 15.1. The van der Waals surface area contributed by atoms with Gasteiger partial charge in [0.2, 0.25) is 5.91 Å². The minimum atomic E-state index is -0.0899. The van der Waals surface area contributed by atoms with Crippen LogP contribution in [0, 0.1) is 5.92 Å². The van der Waals surface area contributed by atoms with Crippen molar-refractivity contribution in [1.29, 1.82) is 0 Å². The van der Waals surface area contributed by atoms with Gasteiger partial charge < -0.3 is 15.1 Å². The molecule has 2 N–H and O–H groups in total. The van der Waals surface area contributed by atoms with Crippen LogP contribution in [-0.2, 0) is 4.79 Å². The molecule has 1 atom stereocenters. The van der Waals surface area contributed by atoms with Crippen LogP contribution >= 0.6 is 0 Å². The van der Waals surface area contributed by atoms with Crippen LogP contribution in [0.1, 0.15) is 44.4 Å². The average molecular weight is 300 g/mol. The van der Waals surface area contributed by atoms with Crippen molar-refractivity contribution in [2.75, 3.05) is 13.1 Å². The van der Waals surface area contributed by atoms with Crippen LogP contribution in [0.15, 0.2) is 34.7 Å². The van der Waals surface area contributed by atoms with E-state index in [1.54, 1.807) is 0 Å². The van der Waals surface area contributed by atoms with Gasteiger partial charge in [-0.15, -0.1) is 0 Å². The van der Waals surface area contributed by atoms with Crippen molar-refractivity contribution in [3.63, 3.8) is 0 Å². The third kappa shape index (κ3) is 3.69. The number of carbonyl (C=O) groups excluding carboxylic acids is 1. The number of amides is 1. The van der Waals surface area contributed by atoms with E-state index in [0.29, 0.717) is 12.3 Å². The SMILES string of the molecule is CC(NC(=O)CCC1CCNCC1)c1cc2ccccc2o1. The van der Waals surface area contributed by atoms with Crippen LogP contribution in [0.2, 0.25) is 0 Å². The first-order valence-electron chi connectivity index (χ1n) is 8.21. The van der Waals surface area contributed by atoms with Crippen molar-refractivity contribution in [2.45, 2.75) is 38.6 Å². The van der Waals surface area contributed by atoms with Crippen LogP contribution < -0.4 is 10.6 Å². The van der Waals surface area contributed by atoms with Gasteiger partial charge in [-0.05, 0) is 57.3 Å². The van der Waals surface area contributed by atoms with Crippen molar-refractivity contribution in [1.82, 2.24) is 10.6 Å². The first-order chi connectivity index (χ1) is 10.7. The third-order valence-electron chi connectivity index (χ3n) is 4.49. The van der Waals surface area contributed by atoms with Crippen molar-refractivity contribution in [2.24, 2.45) is 5.92 Å². The minimum Gasteiger partial charge on any atom is -0.459 e. The molecule has 1 aliphatic rings. The Kier molecular flexibility index (Phi) is 4.78. The van der Waals surface area contributed by atoms with E-state index in [-0.39, 0.29) is 11.9 Å². The standard InChI is InChI=1S/C18H24N2O2/c1-13(17-12-15-4-2-3-5-16(15)22-17)20-18(21)7-6-14-8-10-19-11-9-14/h2-5,12-14,19H,6-11H2,1H3,(H,20,21). The largest absolute Gasteiger partial charge is 0.459 e. The van der Waals surface area contributed by atoms with E-state index in [4.69, 9.17) is 4.42 Å². The van der Waals surface area contributed by atoms with E-state index in [1.807, 2.05) is 37.3 Å². The van der Waals surface area contributed by atoms with Gasteiger partial charge in [0.15, 0.2) is 0 Å². The maximum Gasteiger partial charge on any atom is 0.220 e. The summed E-state index contributed by atoms with van der Waals surface area (Å²) in [6.07, 6.45) is 3.97. The molecule has 1 aromatic heterocycles. The molecule has 1 unspecified atom stereocenters. The fourth-order valence-electron chi connectivity index (χ4n) is 3.11. The Balaban J connectivity index is 1.51. The summed E-state index contributed by atoms with van der Waals surface area (Å²) in [4.78, 5) is 12.1. The molecule has 0 spiro atoms. The summed E-state index contributed by atoms with van der Waals surface area (Å²) >= 11 is 0. The molecule has 22 heavy (non-hydrogen) atoms. The molecule has 118 valence electrons. The second kappa shape index (κ2) is 6.97. The number of rotatable bonds is 5. The monoisotopic (exact) mass is 300 g/mol. The molecule has 1 aliphatic heterocycles. The van der Waals surface area contributed by atoms with Gasteiger partial charge in [0, 0.05) is 11.8 Å². The van der Waals surface area contributed by atoms with Gasteiger partial charge in [0.05, 0.1) is 6.04 Å². The normalized spacial score (nSPS) is 17.5. The molecule has 3 rings (SSSR count). The number of para-hydroxylation sites is 1. The average Bonchev–Trinajstić information content (AvgIpc) is 2.98. The number of benzene rings is 1. The highest BCUT2D eigenvalue weighted by Crippen LogP contribution is 2.24. The zero-order chi connectivity index (χ0) is 15.4. The number of carbonyl (C=O) groups is 1. The van der Waals surface area contributed by atoms with Gasteiger partial charge in [-0.3, -0.25) is 4.79 Å². The Morgan fingerprint density at radius 3 is 2.91 bits per heavy atom. The van der Waals surface area contributed by atoms with Crippen molar-refractivity contribution < 1.29 is 9.21 Å². The molecule has 1 saturated heterocycles. The second-order valence-corrected chi connectivity index (χ2v) is 6.21. The molecular weight excluding hydrogens is 276 g/mol. The van der Waals surface area contributed by atoms with E-state index < -0.39 is 0 Å². The smallest absolute Gasteiger partial charge is 0.220 e. The molecule has 4 nitrogen and oxygen atoms in total. The lowest BCUT2D eigenvalue weighted by Gasteiger charge is -2.22. The van der Waals surface area contributed by atoms with Gasteiger partial charge >= 0.3 is 0 Å². The molecular formula is C18H24N2O2. The summed E-state index contributed by atoms with van der Waals surface area (Å²) in [6.45, 7) is 4.14. The van der Waals surface area contributed by atoms with Gasteiger partial charge in [-0.25, -0.2) is 0 Å². The molecule has 0 radical (unpaired) electrons. The van der Waals surface area contributed by atoms with Crippen molar-refractivity contribution in [3.05, 3.63) is 36.1 Å². The molecule has 1 amide bonds. The van der Waals surface area contributed by atoms with E-state index in [1.165, 1.54) is 12.8 Å². The highest BCUT2D eigenvalue weighted by molar-refractivity contribution is 5.79. The van der Waals surface area contributed by atoms with Crippen LogP contribution in [0.25, 0.3) is 11.0 Å². The predicted molar refractivity (Wildman–Crippen MR) is 87.6 cm³/mol. The second-order valence-electron chi connectivity index (χ2n) is 6.21. The third-order valence-corrected chi connectivity index (χ3v) is 4.49. The van der Waals surface area contributed by atoms with Crippen LogP contribution in [-0.4, -0.2) is 19.0 Å². The Morgan fingerprint density at radius 2 is 2.14 bits per heavy atom. The maximum atomic E-state index is 12.1. The summed E-state index contributed by atoms with van der Waals surface area (Å²) < 4.78 is 5.80. The van der Waals surface area contributed by atoms with Gasteiger partial charge in [0.1, 0.15) is 11.3 Å². The number of fused-ring (bicyclic) bond motifs is 1. The molecule has 0 aliphatic carbocycles. The Bertz CT molecular complexity index is 596. The lowest BCUT2D eigenvalue weighted by molar-refractivity contribution is -0.122. The fraction of sp³-hybridized carbons (Fsp3) is 0.500. The quantitative estimate of drug-likeness (QED) is 0.890. The number of hydrogen-bond donors (Lipinski definition) is 2. The van der Waals surface area contributed by atoms with E-state index in [0.717, 1.165) is 36.2 Å². The van der Waals surface area contributed by atoms with Gasteiger partial charge in [-0.2, -0.15) is 0 Å². The predicted octanol–water partition coefficient (Wildman–Crippen LogP) is 3.39. The Hall–Kier alpha value is -1.81. The van der Waals surface area contributed by atoms with Crippen molar-refractivity contribution >= 4 is 16.9 Å². The topological polar surface area (TPSA) is 54.3 Å². The number of hydrogen-bond acceptors (Lipinski definition) is 3. The van der Waals surface area contributed by atoms with Gasteiger partial charge in [0.25, 0.3) is 0 Å². The molecule has 2 heterocycles. The molecule has 1 aromatic carbocycles. The fourth-order valence-corrected chi connectivity index (χ4v) is 3.11. The molecule has 4 heteroatoms. The van der Waals surface area contributed by atoms with E-state index in [9.17, 15) is 4.79 Å². The van der Waals surface area contributed by atoms with Gasteiger partial charge in [-0.1, -0.05) is 18.2 Å². The van der Waals surface area contributed by atoms with E-state index >= 15 is 0 Å². The van der Waals surface area contributed by atoms with Crippen LogP contribution in [0.3, 0.4) is 0 Å². The maximum absolute atomic E-state index is 12.1. The molecule has 0 bridgehead atoms. The Labute approximate surface area is 131 Å². The lowest BCUT2D eigenvalue weighted by Crippen LogP contribution is -2.30. The summed E-state index contributed by atoms with van der Waals surface area (Å²) in [5.74, 6) is 1.62. The minimum absolute atomic E-state index is 0.0899. The Morgan fingerprint density at radius 1 is 1.36 bits per heavy atom. The number of nitrogens with one attached hydrogen (secondary N) is 2. The number of furan rings is 1. The summed E-state index contributed by atoms with van der Waals surface area (Å²) in [5.41, 5.74) is 0.869. The summed E-state index contributed by atoms with van der Waals surface area (Å²) in [5, 5.41) is 7.48. The highest BCUT2D eigenvalue weighted by atomic mass is 16.3. The molecule has 0 saturated carbocycles. The molecule has 2 aromatic rings.